The predicted molar refractivity (Wildman–Crippen MR) is 127 cm³/mol. The van der Waals surface area contributed by atoms with Gasteiger partial charge in [-0.1, -0.05) is 42.5 Å². The average Bonchev–Trinajstić information content (AvgIpc) is 2.81. The third-order valence-electron chi connectivity index (χ3n) is 5.03. The van der Waals surface area contributed by atoms with Gasteiger partial charge in [-0.25, -0.2) is 4.98 Å². The Bertz CT molecular complexity index is 1410. The Morgan fingerprint density at radius 3 is 2.33 bits per heavy atom. The molecule has 0 unspecified atom stereocenters. The molecule has 1 heterocycles. The number of para-hydroxylation sites is 5. The monoisotopic (exact) mass is 442 g/mol. The summed E-state index contributed by atoms with van der Waals surface area (Å²) < 4.78 is 6.67. The SMILES string of the molecule is COc1ccccc1NC(=O)Cn1c(=O)c(-c2ccccc2NC(C)=O)nc2ccccc21. The fraction of sp³-hybridized carbons (Fsp3) is 0.120. The predicted octanol–water partition coefficient (Wildman–Crippen LogP) is 3.67. The fourth-order valence-electron chi connectivity index (χ4n) is 3.59. The molecule has 8 nitrogen and oxygen atoms in total. The molecule has 0 saturated carbocycles. The topological polar surface area (TPSA) is 102 Å². The van der Waals surface area contributed by atoms with Gasteiger partial charge in [-0.2, -0.15) is 0 Å². The molecule has 0 radical (unpaired) electrons. The number of hydrogen-bond acceptors (Lipinski definition) is 5. The van der Waals surface area contributed by atoms with Crippen LogP contribution >= 0.6 is 0 Å². The number of anilines is 2. The maximum absolute atomic E-state index is 13.5. The third kappa shape index (κ3) is 4.59. The maximum Gasteiger partial charge on any atom is 0.278 e. The highest BCUT2D eigenvalue weighted by Crippen LogP contribution is 2.26. The summed E-state index contributed by atoms with van der Waals surface area (Å²) in [4.78, 5) is 42.6. The molecular weight excluding hydrogens is 420 g/mol. The molecule has 33 heavy (non-hydrogen) atoms. The molecule has 0 bridgehead atoms. The van der Waals surface area contributed by atoms with E-state index in [4.69, 9.17) is 4.74 Å². The van der Waals surface area contributed by atoms with Crippen molar-refractivity contribution in [3.05, 3.63) is 83.2 Å². The van der Waals surface area contributed by atoms with Crippen LogP contribution < -0.4 is 20.9 Å². The van der Waals surface area contributed by atoms with Gasteiger partial charge in [0.05, 0.1) is 29.5 Å². The van der Waals surface area contributed by atoms with Crippen LogP contribution in [0, 0.1) is 0 Å². The minimum Gasteiger partial charge on any atom is -0.495 e. The normalized spacial score (nSPS) is 10.6. The van der Waals surface area contributed by atoms with Crippen molar-refractivity contribution in [1.29, 1.82) is 0 Å². The summed E-state index contributed by atoms with van der Waals surface area (Å²) in [5.74, 6) is -0.137. The molecule has 2 amide bonds. The number of amides is 2. The van der Waals surface area contributed by atoms with Gasteiger partial charge in [-0.15, -0.1) is 0 Å². The lowest BCUT2D eigenvalue weighted by atomic mass is 10.1. The summed E-state index contributed by atoms with van der Waals surface area (Å²) in [6, 6.07) is 21.1. The summed E-state index contributed by atoms with van der Waals surface area (Å²) in [5, 5.41) is 5.53. The van der Waals surface area contributed by atoms with Gasteiger partial charge in [-0.3, -0.25) is 19.0 Å². The van der Waals surface area contributed by atoms with Crippen molar-refractivity contribution >= 4 is 34.2 Å². The molecule has 0 aliphatic carbocycles. The smallest absolute Gasteiger partial charge is 0.278 e. The second-order valence-electron chi connectivity index (χ2n) is 7.32. The van der Waals surface area contributed by atoms with Gasteiger partial charge in [-0.05, 0) is 30.3 Å². The first-order valence-electron chi connectivity index (χ1n) is 10.3. The van der Waals surface area contributed by atoms with Crippen LogP contribution in [0.4, 0.5) is 11.4 Å². The van der Waals surface area contributed by atoms with E-state index in [0.717, 1.165) is 0 Å². The van der Waals surface area contributed by atoms with Crippen LogP contribution in [0.15, 0.2) is 77.6 Å². The molecule has 0 spiro atoms. The maximum atomic E-state index is 13.5. The Kier molecular flexibility index (Phi) is 6.17. The van der Waals surface area contributed by atoms with Crippen LogP contribution in [0.25, 0.3) is 22.3 Å². The van der Waals surface area contributed by atoms with Crippen LogP contribution in [0.5, 0.6) is 5.75 Å². The van der Waals surface area contributed by atoms with Crippen molar-refractivity contribution in [2.24, 2.45) is 0 Å². The van der Waals surface area contributed by atoms with E-state index in [1.54, 1.807) is 66.7 Å². The van der Waals surface area contributed by atoms with E-state index in [0.29, 0.717) is 33.7 Å². The highest BCUT2D eigenvalue weighted by Gasteiger charge is 2.18. The summed E-state index contributed by atoms with van der Waals surface area (Å²) in [6.45, 7) is 1.17. The van der Waals surface area contributed by atoms with Gasteiger partial charge in [0.25, 0.3) is 5.56 Å². The summed E-state index contributed by atoms with van der Waals surface area (Å²) >= 11 is 0. The number of rotatable bonds is 6. The first-order valence-corrected chi connectivity index (χ1v) is 10.3. The largest absolute Gasteiger partial charge is 0.495 e. The second kappa shape index (κ2) is 9.35. The van der Waals surface area contributed by atoms with E-state index < -0.39 is 5.56 Å². The zero-order valence-electron chi connectivity index (χ0n) is 18.2. The van der Waals surface area contributed by atoms with Crippen LogP contribution in [0.2, 0.25) is 0 Å². The molecule has 8 heteroatoms. The Hall–Kier alpha value is -4.46. The van der Waals surface area contributed by atoms with E-state index in [-0.39, 0.29) is 24.1 Å². The first kappa shape index (κ1) is 21.8. The summed E-state index contributed by atoms with van der Waals surface area (Å²) in [7, 11) is 1.52. The number of fused-ring (bicyclic) bond motifs is 1. The zero-order chi connectivity index (χ0) is 23.4. The molecule has 3 aromatic carbocycles. The van der Waals surface area contributed by atoms with Crippen molar-refractivity contribution in [2.75, 3.05) is 17.7 Å². The third-order valence-corrected chi connectivity index (χ3v) is 5.03. The number of carbonyl (C=O) groups is 2. The minimum absolute atomic E-state index is 0.142. The van der Waals surface area contributed by atoms with Crippen molar-refractivity contribution in [1.82, 2.24) is 9.55 Å². The number of methoxy groups -OCH3 is 1. The van der Waals surface area contributed by atoms with Crippen LogP contribution in [-0.2, 0) is 16.1 Å². The molecular formula is C25H22N4O4. The molecule has 4 rings (SSSR count). The van der Waals surface area contributed by atoms with E-state index in [1.165, 1.54) is 18.6 Å². The number of hydrogen-bond donors (Lipinski definition) is 2. The lowest BCUT2D eigenvalue weighted by Crippen LogP contribution is -2.30. The van der Waals surface area contributed by atoms with E-state index in [1.807, 2.05) is 6.07 Å². The fourth-order valence-corrected chi connectivity index (χ4v) is 3.59. The summed E-state index contributed by atoms with van der Waals surface area (Å²) in [5.41, 5.74) is 2.22. The van der Waals surface area contributed by atoms with E-state index in [2.05, 4.69) is 15.6 Å². The molecule has 4 aromatic rings. The highest BCUT2D eigenvalue weighted by atomic mass is 16.5. The van der Waals surface area contributed by atoms with Gasteiger partial charge in [0.2, 0.25) is 11.8 Å². The minimum atomic E-state index is -0.443. The molecule has 2 N–H and O–H groups in total. The van der Waals surface area contributed by atoms with Crippen molar-refractivity contribution in [3.8, 4) is 17.0 Å². The van der Waals surface area contributed by atoms with Crippen LogP contribution in [0.3, 0.4) is 0 Å². The average molecular weight is 442 g/mol. The van der Waals surface area contributed by atoms with Gasteiger partial charge in [0.1, 0.15) is 18.0 Å². The van der Waals surface area contributed by atoms with Crippen LogP contribution in [0.1, 0.15) is 6.92 Å². The number of nitrogens with one attached hydrogen (secondary N) is 2. The van der Waals surface area contributed by atoms with E-state index in [9.17, 15) is 14.4 Å². The van der Waals surface area contributed by atoms with Crippen molar-refractivity contribution < 1.29 is 14.3 Å². The van der Waals surface area contributed by atoms with Gasteiger partial charge >= 0.3 is 0 Å². The molecule has 166 valence electrons. The molecule has 0 fully saturated rings. The van der Waals surface area contributed by atoms with Gasteiger partial charge < -0.3 is 15.4 Å². The lowest BCUT2D eigenvalue weighted by molar-refractivity contribution is -0.117. The highest BCUT2D eigenvalue weighted by molar-refractivity contribution is 5.95. The molecule has 0 atom stereocenters. The standard InChI is InChI=1S/C25H22N4O4/c1-16(30)26-18-10-4-3-9-17(18)24-25(32)29(21-13-7-5-11-19(21)28-24)15-23(31)27-20-12-6-8-14-22(20)33-2/h3-14H,15H2,1-2H3,(H,26,30)(H,27,31). The van der Waals surface area contributed by atoms with Gasteiger partial charge in [0, 0.05) is 12.5 Å². The molecule has 0 aliphatic rings. The van der Waals surface area contributed by atoms with Crippen molar-refractivity contribution in [2.45, 2.75) is 13.5 Å². The number of aromatic nitrogens is 2. The number of ether oxygens (including phenoxy) is 1. The van der Waals surface area contributed by atoms with Crippen molar-refractivity contribution in [3.63, 3.8) is 0 Å². The first-order chi connectivity index (χ1) is 16.0. The number of nitrogens with zero attached hydrogens (tertiary/aromatic N) is 2. The number of carbonyl (C=O) groups excluding carboxylic acids is 2. The Balaban J connectivity index is 1.79. The van der Waals surface area contributed by atoms with E-state index >= 15 is 0 Å². The number of benzene rings is 3. The lowest BCUT2D eigenvalue weighted by Gasteiger charge is -2.15. The molecule has 1 aromatic heterocycles. The Morgan fingerprint density at radius 2 is 1.58 bits per heavy atom. The molecule has 0 saturated heterocycles. The summed E-state index contributed by atoms with van der Waals surface area (Å²) in [6.07, 6.45) is 0. The quantitative estimate of drug-likeness (QED) is 0.474. The Labute approximate surface area is 189 Å². The van der Waals surface area contributed by atoms with Gasteiger partial charge in [0.15, 0.2) is 0 Å². The zero-order valence-corrected chi connectivity index (χ0v) is 18.2. The van der Waals surface area contributed by atoms with Crippen LogP contribution in [-0.4, -0.2) is 28.5 Å². The second-order valence-corrected chi connectivity index (χ2v) is 7.32. The Morgan fingerprint density at radius 1 is 0.909 bits per heavy atom. The molecule has 0 aliphatic heterocycles.